The summed E-state index contributed by atoms with van der Waals surface area (Å²) >= 11 is 0. The van der Waals surface area contributed by atoms with E-state index in [1.807, 2.05) is 0 Å². The summed E-state index contributed by atoms with van der Waals surface area (Å²) < 4.78 is 39.5. The predicted molar refractivity (Wildman–Crippen MR) is 114 cm³/mol. The van der Waals surface area contributed by atoms with Crippen LogP contribution in [-0.2, 0) is 9.53 Å². The molecule has 0 aromatic heterocycles. The quantitative estimate of drug-likeness (QED) is 0.584. The van der Waals surface area contributed by atoms with Crippen LogP contribution in [0.4, 0.5) is 8.78 Å². The van der Waals surface area contributed by atoms with Gasteiger partial charge in [0.05, 0.1) is 12.2 Å². The zero-order valence-corrected chi connectivity index (χ0v) is 17.5. The fourth-order valence-corrected chi connectivity index (χ4v) is 3.90. The second kappa shape index (κ2) is 8.78. The molecule has 164 valence electrons. The maximum atomic E-state index is 15.1. The van der Waals surface area contributed by atoms with Crippen LogP contribution in [-0.4, -0.2) is 25.5 Å². The van der Waals surface area contributed by atoms with E-state index in [1.54, 1.807) is 49.4 Å². The monoisotopic (exact) mass is 437 g/mol. The van der Waals surface area contributed by atoms with Crippen molar-refractivity contribution < 1.29 is 27.8 Å². The molecule has 1 aliphatic heterocycles. The molecule has 1 aliphatic rings. The van der Waals surface area contributed by atoms with Crippen LogP contribution in [0.5, 0.6) is 5.75 Å². The largest absolute Gasteiger partial charge is 0.484 e. The molecule has 32 heavy (non-hydrogen) atoms. The molecule has 5 nitrogen and oxygen atoms in total. The lowest BCUT2D eigenvalue weighted by atomic mass is 9.88. The van der Waals surface area contributed by atoms with Gasteiger partial charge in [0.2, 0.25) is 5.91 Å². The average Bonchev–Trinajstić information content (AvgIpc) is 3.18. The van der Waals surface area contributed by atoms with Crippen molar-refractivity contribution in [1.29, 1.82) is 0 Å². The van der Waals surface area contributed by atoms with Crippen molar-refractivity contribution in [1.82, 2.24) is 5.32 Å². The minimum atomic E-state index is -0.740. The van der Waals surface area contributed by atoms with E-state index in [0.717, 1.165) is 0 Å². The number of esters is 1. The smallest absolute Gasteiger partial charge is 0.341 e. The first-order valence-electron chi connectivity index (χ1n) is 10.2. The van der Waals surface area contributed by atoms with E-state index in [9.17, 15) is 14.0 Å². The van der Waals surface area contributed by atoms with Crippen molar-refractivity contribution in [2.45, 2.75) is 18.9 Å². The van der Waals surface area contributed by atoms with Gasteiger partial charge in [0.15, 0.2) is 0 Å². The van der Waals surface area contributed by atoms with Crippen molar-refractivity contribution >= 4 is 11.9 Å². The zero-order valence-electron chi connectivity index (χ0n) is 17.5. The van der Waals surface area contributed by atoms with Crippen LogP contribution in [0.25, 0.3) is 11.1 Å². The highest BCUT2D eigenvalue weighted by Gasteiger charge is 2.40. The van der Waals surface area contributed by atoms with Crippen LogP contribution in [0.3, 0.4) is 0 Å². The number of fused-ring (bicyclic) bond motifs is 1. The minimum absolute atomic E-state index is 0.136. The fraction of sp³-hybridized carbons (Fsp3) is 0.200. The van der Waals surface area contributed by atoms with Crippen molar-refractivity contribution in [3.8, 4) is 16.9 Å². The summed E-state index contributed by atoms with van der Waals surface area (Å²) in [5.41, 5.74) is 1.77. The molecular weight excluding hydrogens is 416 g/mol. The lowest BCUT2D eigenvalue weighted by Gasteiger charge is -2.18. The molecule has 0 radical (unpaired) electrons. The van der Waals surface area contributed by atoms with E-state index < -0.39 is 23.8 Å². The first kappa shape index (κ1) is 21.5. The van der Waals surface area contributed by atoms with E-state index in [0.29, 0.717) is 22.4 Å². The first-order chi connectivity index (χ1) is 15.4. The Morgan fingerprint density at radius 1 is 1.06 bits per heavy atom. The third-order valence-electron chi connectivity index (χ3n) is 5.43. The fourth-order valence-electron chi connectivity index (χ4n) is 3.90. The normalized spacial score (nSPS) is 16.8. The molecule has 1 N–H and O–H groups in total. The maximum Gasteiger partial charge on any atom is 0.341 e. The van der Waals surface area contributed by atoms with E-state index in [-0.39, 0.29) is 29.5 Å². The highest BCUT2D eigenvalue weighted by Crippen LogP contribution is 2.47. The zero-order chi connectivity index (χ0) is 22.8. The number of halogens is 2. The van der Waals surface area contributed by atoms with Crippen molar-refractivity contribution in [3.05, 3.63) is 89.0 Å². The summed E-state index contributed by atoms with van der Waals surface area (Å²) in [6.07, 6.45) is -0.656. The van der Waals surface area contributed by atoms with Crippen molar-refractivity contribution in [2.24, 2.45) is 0 Å². The summed E-state index contributed by atoms with van der Waals surface area (Å²) in [5.74, 6) is -2.33. The molecule has 1 heterocycles. The van der Waals surface area contributed by atoms with Crippen LogP contribution >= 0.6 is 0 Å². The number of benzene rings is 3. The van der Waals surface area contributed by atoms with Crippen LogP contribution in [0.1, 0.15) is 40.4 Å². The Balaban J connectivity index is 1.77. The standard InChI is InChI=1S/C25H21F2NO4/c1-3-31-25(30)18-6-4-5-17(22(18)27)15-9-12-20-19(13-15)21(24(29)28-2)23(32-20)14-7-10-16(26)11-8-14/h4-13,21,23H,3H2,1-2H3,(H,28,29). The SMILES string of the molecule is CCOC(=O)c1cccc(-c2ccc3c(c2)C(C(=O)NC)C(c2ccc(F)cc2)O3)c1F. The molecular formula is C25H21F2NO4. The molecule has 0 bridgehead atoms. The number of carbonyl (C=O) groups is 2. The van der Waals surface area contributed by atoms with Gasteiger partial charge >= 0.3 is 5.97 Å². The molecule has 1 amide bonds. The topological polar surface area (TPSA) is 64.6 Å². The average molecular weight is 437 g/mol. The highest BCUT2D eigenvalue weighted by molar-refractivity contribution is 5.92. The molecule has 0 saturated carbocycles. The number of hydrogen-bond donors (Lipinski definition) is 1. The van der Waals surface area contributed by atoms with Gasteiger partial charge in [0.25, 0.3) is 0 Å². The van der Waals surface area contributed by atoms with E-state index in [4.69, 9.17) is 9.47 Å². The maximum absolute atomic E-state index is 15.1. The van der Waals surface area contributed by atoms with Gasteiger partial charge in [-0.1, -0.05) is 30.3 Å². The van der Waals surface area contributed by atoms with Gasteiger partial charge in [0.1, 0.15) is 29.4 Å². The van der Waals surface area contributed by atoms with Gasteiger partial charge in [-0.15, -0.1) is 0 Å². The van der Waals surface area contributed by atoms with Crippen LogP contribution in [0.2, 0.25) is 0 Å². The summed E-state index contributed by atoms with van der Waals surface area (Å²) in [6, 6.07) is 15.3. The van der Waals surface area contributed by atoms with Gasteiger partial charge in [-0.25, -0.2) is 13.6 Å². The molecule has 0 fully saturated rings. The molecule has 3 aromatic rings. The second-order valence-electron chi connectivity index (χ2n) is 7.32. The van der Waals surface area contributed by atoms with Crippen molar-refractivity contribution in [2.75, 3.05) is 13.7 Å². The third kappa shape index (κ3) is 3.82. The Bertz CT molecular complexity index is 1180. The lowest BCUT2D eigenvalue weighted by Crippen LogP contribution is -2.28. The Morgan fingerprint density at radius 3 is 2.50 bits per heavy atom. The molecule has 7 heteroatoms. The first-order valence-corrected chi connectivity index (χ1v) is 10.2. The summed E-state index contributed by atoms with van der Waals surface area (Å²) in [4.78, 5) is 24.8. The van der Waals surface area contributed by atoms with Crippen molar-refractivity contribution in [3.63, 3.8) is 0 Å². The molecule has 0 spiro atoms. The molecule has 4 rings (SSSR count). The minimum Gasteiger partial charge on any atom is -0.484 e. The molecule has 3 aromatic carbocycles. The number of rotatable bonds is 5. The Hall–Kier alpha value is -3.74. The molecule has 2 unspecified atom stereocenters. The van der Waals surface area contributed by atoms with Gasteiger partial charge in [0, 0.05) is 18.2 Å². The second-order valence-corrected chi connectivity index (χ2v) is 7.32. The number of carbonyl (C=O) groups excluding carboxylic acids is 2. The Kier molecular flexibility index (Phi) is 5.90. The lowest BCUT2D eigenvalue weighted by molar-refractivity contribution is -0.123. The van der Waals surface area contributed by atoms with Gasteiger partial charge in [-0.05, 0) is 48.4 Å². The van der Waals surface area contributed by atoms with Gasteiger partial charge in [-0.3, -0.25) is 4.79 Å². The van der Waals surface area contributed by atoms with E-state index >= 15 is 4.39 Å². The number of amides is 1. The van der Waals surface area contributed by atoms with Gasteiger partial charge in [-0.2, -0.15) is 0 Å². The summed E-state index contributed by atoms with van der Waals surface area (Å²) in [7, 11) is 1.52. The number of nitrogens with one attached hydrogen (secondary N) is 1. The van der Waals surface area contributed by atoms with Crippen LogP contribution in [0.15, 0.2) is 60.7 Å². The summed E-state index contributed by atoms with van der Waals surface area (Å²) in [6.45, 7) is 1.79. The number of likely N-dealkylation sites (N-methyl/N-ethyl adjacent to an activating group) is 1. The molecule has 2 atom stereocenters. The van der Waals surface area contributed by atoms with E-state index in [2.05, 4.69) is 5.32 Å². The molecule has 0 aliphatic carbocycles. The van der Waals surface area contributed by atoms with Gasteiger partial charge < -0.3 is 14.8 Å². The van der Waals surface area contributed by atoms with E-state index in [1.165, 1.54) is 25.2 Å². The Morgan fingerprint density at radius 2 is 1.81 bits per heavy atom. The van der Waals surface area contributed by atoms with Crippen LogP contribution < -0.4 is 10.1 Å². The number of hydrogen-bond acceptors (Lipinski definition) is 4. The number of ether oxygens (including phenoxy) is 2. The predicted octanol–water partition coefficient (Wildman–Crippen LogP) is 4.77. The highest BCUT2D eigenvalue weighted by atomic mass is 19.1. The summed E-state index contributed by atoms with van der Waals surface area (Å²) in [5, 5.41) is 2.64. The Labute approximate surface area is 184 Å². The van der Waals surface area contributed by atoms with Crippen LogP contribution in [0, 0.1) is 11.6 Å². The molecule has 0 saturated heterocycles. The third-order valence-corrected chi connectivity index (χ3v) is 5.43.